The predicted molar refractivity (Wildman–Crippen MR) is 93.1 cm³/mol. The highest BCUT2D eigenvalue weighted by Crippen LogP contribution is 2.29. The number of anilines is 2. The Morgan fingerprint density at radius 1 is 0.952 bits per heavy atom. The number of hydrogen-bond donors (Lipinski definition) is 1. The maximum atomic E-state index is 3.69. The van der Waals surface area contributed by atoms with E-state index < -0.39 is 0 Å². The molecule has 112 valence electrons. The van der Waals surface area contributed by atoms with E-state index >= 15 is 0 Å². The standard InChI is InChI=1S/C19H26N2/c1-14(2)19(16-9-7-6-8-10-16)20-17-12-11-15(3)18(13-17)21(4)5/h6-14,19-20H,1-5H3. The molecular formula is C19H26N2. The molecule has 1 N–H and O–H groups in total. The zero-order chi connectivity index (χ0) is 15.4. The van der Waals surface area contributed by atoms with Gasteiger partial charge in [0.15, 0.2) is 0 Å². The number of rotatable bonds is 5. The van der Waals surface area contributed by atoms with Gasteiger partial charge in [0, 0.05) is 25.5 Å². The fourth-order valence-corrected chi connectivity index (χ4v) is 2.66. The first-order chi connectivity index (χ1) is 9.99. The van der Waals surface area contributed by atoms with Crippen LogP contribution in [0.4, 0.5) is 11.4 Å². The van der Waals surface area contributed by atoms with Crippen LogP contribution in [0.3, 0.4) is 0 Å². The van der Waals surface area contributed by atoms with E-state index in [2.05, 4.69) is 93.6 Å². The van der Waals surface area contributed by atoms with Crippen molar-refractivity contribution in [3.05, 3.63) is 59.7 Å². The Labute approximate surface area is 128 Å². The monoisotopic (exact) mass is 282 g/mol. The topological polar surface area (TPSA) is 15.3 Å². The van der Waals surface area contributed by atoms with Crippen LogP contribution in [0, 0.1) is 12.8 Å². The maximum absolute atomic E-state index is 3.69. The molecule has 0 aliphatic carbocycles. The third kappa shape index (κ3) is 3.78. The van der Waals surface area contributed by atoms with Crippen LogP contribution in [0.25, 0.3) is 0 Å². The maximum Gasteiger partial charge on any atom is 0.0536 e. The number of aryl methyl sites for hydroxylation is 1. The van der Waals surface area contributed by atoms with Gasteiger partial charge in [-0.15, -0.1) is 0 Å². The van der Waals surface area contributed by atoms with Crippen LogP contribution in [-0.2, 0) is 0 Å². The molecule has 2 nitrogen and oxygen atoms in total. The van der Waals surface area contributed by atoms with Gasteiger partial charge in [0.25, 0.3) is 0 Å². The summed E-state index contributed by atoms with van der Waals surface area (Å²) in [7, 11) is 4.17. The van der Waals surface area contributed by atoms with Gasteiger partial charge in [-0.3, -0.25) is 0 Å². The molecule has 0 heterocycles. The number of benzene rings is 2. The SMILES string of the molecule is Cc1ccc(NC(c2ccccc2)C(C)C)cc1N(C)C. The quantitative estimate of drug-likeness (QED) is 0.841. The van der Waals surface area contributed by atoms with Crippen LogP contribution < -0.4 is 10.2 Å². The van der Waals surface area contributed by atoms with Crippen LogP contribution in [0.5, 0.6) is 0 Å². The molecule has 0 aliphatic rings. The molecule has 2 heteroatoms. The summed E-state index contributed by atoms with van der Waals surface area (Å²) in [5.74, 6) is 0.525. The van der Waals surface area contributed by atoms with Gasteiger partial charge in [-0.1, -0.05) is 50.2 Å². The van der Waals surface area contributed by atoms with E-state index in [9.17, 15) is 0 Å². The van der Waals surface area contributed by atoms with Crippen molar-refractivity contribution in [2.45, 2.75) is 26.8 Å². The van der Waals surface area contributed by atoms with Crippen LogP contribution >= 0.6 is 0 Å². The summed E-state index contributed by atoms with van der Waals surface area (Å²) in [5, 5.41) is 3.69. The largest absolute Gasteiger partial charge is 0.378 e. The lowest BCUT2D eigenvalue weighted by atomic mass is 9.95. The van der Waals surface area contributed by atoms with Crippen molar-refractivity contribution >= 4 is 11.4 Å². The lowest BCUT2D eigenvalue weighted by Crippen LogP contribution is -2.17. The van der Waals surface area contributed by atoms with E-state index in [4.69, 9.17) is 0 Å². The van der Waals surface area contributed by atoms with Crippen LogP contribution in [-0.4, -0.2) is 14.1 Å². The van der Waals surface area contributed by atoms with E-state index in [1.54, 1.807) is 0 Å². The Bertz CT molecular complexity index is 573. The molecule has 1 atom stereocenters. The molecule has 2 rings (SSSR count). The molecule has 0 fully saturated rings. The van der Waals surface area contributed by atoms with Crippen LogP contribution in [0.1, 0.15) is 31.0 Å². The Kier molecular flexibility index (Phi) is 4.89. The molecule has 0 aliphatic heterocycles. The molecule has 0 bridgehead atoms. The van der Waals surface area contributed by atoms with Gasteiger partial charge >= 0.3 is 0 Å². The molecule has 2 aromatic carbocycles. The van der Waals surface area contributed by atoms with Crippen LogP contribution in [0.15, 0.2) is 48.5 Å². The average Bonchev–Trinajstić information content (AvgIpc) is 2.46. The lowest BCUT2D eigenvalue weighted by molar-refractivity contribution is 0.546. The average molecular weight is 282 g/mol. The van der Waals surface area contributed by atoms with Crippen molar-refractivity contribution in [1.82, 2.24) is 0 Å². The van der Waals surface area contributed by atoms with Gasteiger partial charge in [0.1, 0.15) is 0 Å². The van der Waals surface area contributed by atoms with E-state index in [-0.39, 0.29) is 0 Å². The number of nitrogens with one attached hydrogen (secondary N) is 1. The summed E-state index contributed by atoms with van der Waals surface area (Å²) in [5.41, 5.74) is 5.06. The van der Waals surface area contributed by atoms with Gasteiger partial charge in [0.05, 0.1) is 6.04 Å². The van der Waals surface area contributed by atoms with Gasteiger partial charge in [-0.25, -0.2) is 0 Å². The zero-order valence-electron chi connectivity index (χ0n) is 13.7. The molecule has 21 heavy (non-hydrogen) atoms. The number of nitrogens with zero attached hydrogens (tertiary/aromatic N) is 1. The third-order valence-corrected chi connectivity index (χ3v) is 3.84. The van der Waals surface area contributed by atoms with Crippen molar-refractivity contribution in [2.24, 2.45) is 5.92 Å². The smallest absolute Gasteiger partial charge is 0.0536 e. The van der Waals surface area contributed by atoms with Gasteiger partial charge in [0.2, 0.25) is 0 Å². The number of hydrogen-bond acceptors (Lipinski definition) is 2. The minimum atomic E-state index is 0.323. The normalized spacial score (nSPS) is 12.3. The predicted octanol–water partition coefficient (Wildman–Crippen LogP) is 4.87. The molecule has 0 spiro atoms. The van der Waals surface area contributed by atoms with E-state index in [0.29, 0.717) is 12.0 Å². The van der Waals surface area contributed by atoms with E-state index in [0.717, 1.165) is 0 Å². The van der Waals surface area contributed by atoms with Gasteiger partial charge in [-0.2, -0.15) is 0 Å². The van der Waals surface area contributed by atoms with Crippen molar-refractivity contribution in [1.29, 1.82) is 0 Å². The fraction of sp³-hybridized carbons (Fsp3) is 0.368. The highest BCUT2D eigenvalue weighted by atomic mass is 15.1. The minimum absolute atomic E-state index is 0.323. The van der Waals surface area contributed by atoms with Gasteiger partial charge in [-0.05, 0) is 36.1 Å². The second-order valence-corrected chi connectivity index (χ2v) is 6.17. The lowest BCUT2D eigenvalue weighted by Gasteiger charge is -2.25. The highest BCUT2D eigenvalue weighted by molar-refractivity contribution is 5.62. The summed E-state index contributed by atoms with van der Waals surface area (Å²) < 4.78 is 0. The van der Waals surface area contributed by atoms with Gasteiger partial charge < -0.3 is 10.2 Å². The Morgan fingerprint density at radius 3 is 2.19 bits per heavy atom. The summed E-state index contributed by atoms with van der Waals surface area (Å²) in [6, 6.07) is 17.6. The van der Waals surface area contributed by atoms with Crippen molar-refractivity contribution in [3.8, 4) is 0 Å². The second kappa shape index (κ2) is 6.66. The Balaban J connectivity index is 2.28. The third-order valence-electron chi connectivity index (χ3n) is 3.84. The summed E-state index contributed by atoms with van der Waals surface area (Å²) in [6.07, 6.45) is 0. The minimum Gasteiger partial charge on any atom is -0.378 e. The molecule has 0 saturated heterocycles. The first-order valence-electron chi connectivity index (χ1n) is 7.58. The Morgan fingerprint density at radius 2 is 1.62 bits per heavy atom. The molecule has 0 radical (unpaired) electrons. The molecular weight excluding hydrogens is 256 g/mol. The molecule has 0 saturated carbocycles. The Hall–Kier alpha value is -1.96. The van der Waals surface area contributed by atoms with Crippen molar-refractivity contribution in [2.75, 3.05) is 24.3 Å². The summed E-state index contributed by atoms with van der Waals surface area (Å²) in [4.78, 5) is 2.16. The first-order valence-corrected chi connectivity index (χ1v) is 7.58. The van der Waals surface area contributed by atoms with Crippen molar-refractivity contribution < 1.29 is 0 Å². The van der Waals surface area contributed by atoms with Crippen molar-refractivity contribution in [3.63, 3.8) is 0 Å². The fourth-order valence-electron chi connectivity index (χ4n) is 2.66. The van der Waals surface area contributed by atoms with Crippen LogP contribution in [0.2, 0.25) is 0 Å². The molecule has 2 aromatic rings. The molecule has 1 unspecified atom stereocenters. The zero-order valence-corrected chi connectivity index (χ0v) is 13.7. The highest BCUT2D eigenvalue weighted by Gasteiger charge is 2.15. The summed E-state index contributed by atoms with van der Waals surface area (Å²) >= 11 is 0. The van der Waals surface area contributed by atoms with E-state index in [1.807, 2.05) is 0 Å². The summed E-state index contributed by atoms with van der Waals surface area (Å²) in [6.45, 7) is 6.66. The second-order valence-electron chi connectivity index (χ2n) is 6.17. The molecule has 0 amide bonds. The van der Waals surface area contributed by atoms with E-state index in [1.165, 1.54) is 22.5 Å². The molecule has 0 aromatic heterocycles. The first kappa shape index (κ1) is 15.4.